The average Bonchev–Trinajstić information content (AvgIpc) is 2.94. The fraction of sp³-hybridized carbons (Fsp3) is 0.667. The highest BCUT2D eigenvalue weighted by Gasteiger charge is 2.31. The summed E-state index contributed by atoms with van der Waals surface area (Å²) in [5, 5.41) is 0. The van der Waals surface area contributed by atoms with Gasteiger partial charge in [0.1, 0.15) is 11.6 Å². The van der Waals surface area contributed by atoms with Gasteiger partial charge in [0, 0.05) is 31.3 Å². The van der Waals surface area contributed by atoms with Crippen molar-refractivity contribution in [3.63, 3.8) is 0 Å². The summed E-state index contributed by atoms with van der Waals surface area (Å²) in [5.41, 5.74) is 0.829. The van der Waals surface area contributed by atoms with E-state index in [1.54, 1.807) is 13.1 Å². The highest BCUT2D eigenvalue weighted by molar-refractivity contribution is 5.78. The number of carbonyl (C=O) groups is 2. The van der Waals surface area contributed by atoms with Crippen LogP contribution in [0.3, 0.4) is 0 Å². The molecule has 1 unspecified atom stereocenters. The summed E-state index contributed by atoms with van der Waals surface area (Å²) in [6.07, 6.45) is 4.62. The van der Waals surface area contributed by atoms with Gasteiger partial charge in [0.25, 0.3) is 0 Å². The van der Waals surface area contributed by atoms with Gasteiger partial charge in [-0.15, -0.1) is 0 Å². The van der Waals surface area contributed by atoms with Gasteiger partial charge in [-0.05, 0) is 25.7 Å². The number of carbonyl (C=O) groups excluding carboxylic acids is 2. The lowest BCUT2D eigenvalue weighted by atomic mass is 10.1. The first-order chi connectivity index (χ1) is 9.47. The molecule has 1 aliphatic heterocycles. The molecule has 0 saturated carbocycles. The lowest BCUT2D eigenvalue weighted by molar-refractivity contribution is -0.133. The van der Waals surface area contributed by atoms with Crippen molar-refractivity contribution >= 4 is 11.7 Å². The molecule has 1 fully saturated rings. The van der Waals surface area contributed by atoms with Crippen LogP contribution in [0.4, 0.5) is 0 Å². The number of amides is 1. The molecule has 2 heterocycles. The Morgan fingerprint density at radius 2 is 2.25 bits per heavy atom. The smallest absolute Gasteiger partial charge is 0.223 e. The van der Waals surface area contributed by atoms with E-state index in [0.717, 1.165) is 30.9 Å². The number of rotatable bonds is 5. The van der Waals surface area contributed by atoms with Crippen molar-refractivity contribution in [1.29, 1.82) is 0 Å². The van der Waals surface area contributed by atoms with Crippen molar-refractivity contribution in [2.45, 2.75) is 52.5 Å². The second kappa shape index (κ2) is 6.20. The fourth-order valence-corrected chi connectivity index (χ4v) is 2.72. The number of nitrogens with zero attached hydrogens (tertiary/aromatic N) is 2. The number of likely N-dealkylation sites (tertiary alicyclic amines) is 1. The molecule has 110 valence electrons. The second-order valence-electron chi connectivity index (χ2n) is 6.02. The standard InChI is InChI=1S/C15H23N3O2/c1-10(2)7-14(20)18-6-4-5-13(18)15-16-9-12(17-15)8-11(3)19/h9-10,13H,4-8H2,1-3H3,(H,16,17). The summed E-state index contributed by atoms with van der Waals surface area (Å²) >= 11 is 0. The van der Waals surface area contributed by atoms with Crippen molar-refractivity contribution in [3.05, 3.63) is 17.7 Å². The molecule has 1 aromatic rings. The summed E-state index contributed by atoms with van der Waals surface area (Å²) in [6, 6.07) is 0.0435. The lowest BCUT2D eigenvalue weighted by Gasteiger charge is -2.24. The summed E-state index contributed by atoms with van der Waals surface area (Å²) in [7, 11) is 0. The van der Waals surface area contributed by atoms with E-state index in [-0.39, 0.29) is 17.7 Å². The number of aromatic nitrogens is 2. The Labute approximate surface area is 119 Å². The molecule has 1 aliphatic rings. The molecular weight excluding hydrogens is 254 g/mol. The first-order valence-corrected chi connectivity index (χ1v) is 7.30. The van der Waals surface area contributed by atoms with Gasteiger partial charge in [0.15, 0.2) is 0 Å². The normalized spacial score (nSPS) is 18.8. The van der Waals surface area contributed by atoms with Crippen LogP contribution in [-0.4, -0.2) is 33.1 Å². The first kappa shape index (κ1) is 14.8. The SMILES string of the molecule is CC(=O)Cc1cnc(C2CCCN2C(=O)CC(C)C)[nH]1. The van der Waals surface area contributed by atoms with Gasteiger partial charge in [-0.25, -0.2) is 4.98 Å². The van der Waals surface area contributed by atoms with E-state index in [4.69, 9.17) is 0 Å². The van der Waals surface area contributed by atoms with Gasteiger partial charge in [-0.1, -0.05) is 13.8 Å². The van der Waals surface area contributed by atoms with Crippen molar-refractivity contribution in [3.8, 4) is 0 Å². The minimum atomic E-state index is 0.0435. The van der Waals surface area contributed by atoms with E-state index in [1.807, 2.05) is 4.90 Å². The van der Waals surface area contributed by atoms with Crippen LogP contribution < -0.4 is 0 Å². The van der Waals surface area contributed by atoms with Crippen molar-refractivity contribution in [2.75, 3.05) is 6.54 Å². The van der Waals surface area contributed by atoms with Gasteiger partial charge < -0.3 is 9.88 Å². The molecule has 1 amide bonds. The number of H-pyrrole nitrogens is 1. The number of aromatic amines is 1. The van der Waals surface area contributed by atoms with E-state index in [0.29, 0.717) is 18.8 Å². The van der Waals surface area contributed by atoms with Crippen molar-refractivity contribution < 1.29 is 9.59 Å². The second-order valence-corrected chi connectivity index (χ2v) is 6.02. The summed E-state index contributed by atoms with van der Waals surface area (Å²) in [4.78, 5) is 32.9. The number of nitrogens with one attached hydrogen (secondary N) is 1. The Balaban J connectivity index is 2.08. The lowest BCUT2D eigenvalue weighted by Crippen LogP contribution is -2.31. The predicted molar refractivity (Wildman–Crippen MR) is 76.1 cm³/mol. The van der Waals surface area contributed by atoms with Crippen LogP contribution >= 0.6 is 0 Å². The third-order valence-corrected chi connectivity index (χ3v) is 3.56. The zero-order valence-corrected chi connectivity index (χ0v) is 12.5. The Hall–Kier alpha value is -1.65. The topological polar surface area (TPSA) is 66.1 Å². The minimum absolute atomic E-state index is 0.0435. The molecule has 1 atom stereocenters. The van der Waals surface area contributed by atoms with Crippen LogP contribution in [0.5, 0.6) is 0 Å². The van der Waals surface area contributed by atoms with Crippen LogP contribution in [0.25, 0.3) is 0 Å². The Bertz CT molecular complexity index is 493. The summed E-state index contributed by atoms with van der Waals surface area (Å²) in [6.45, 7) is 6.48. The number of hydrogen-bond donors (Lipinski definition) is 1. The highest BCUT2D eigenvalue weighted by atomic mass is 16.2. The van der Waals surface area contributed by atoms with E-state index in [9.17, 15) is 9.59 Å². The minimum Gasteiger partial charge on any atom is -0.344 e. The third-order valence-electron chi connectivity index (χ3n) is 3.56. The summed E-state index contributed by atoms with van der Waals surface area (Å²) in [5.74, 6) is 1.50. The molecule has 5 nitrogen and oxygen atoms in total. The van der Waals surface area contributed by atoms with Crippen molar-refractivity contribution in [1.82, 2.24) is 14.9 Å². The quantitative estimate of drug-likeness (QED) is 0.897. The highest BCUT2D eigenvalue weighted by Crippen LogP contribution is 2.31. The average molecular weight is 277 g/mol. The molecule has 1 N–H and O–H groups in total. The maximum absolute atomic E-state index is 12.3. The molecule has 1 saturated heterocycles. The van der Waals surface area contributed by atoms with Gasteiger partial charge in [-0.3, -0.25) is 9.59 Å². The molecule has 0 spiro atoms. The molecule has 5 heteroatoms. The molecule has 1 aromatic heterocycles. The number of imidazole rings is 1. The van der Waals surface area contributed by atoms with Crippen LogP contribution in [0.1, 0.15) is 57.6 Å². The Morgan fingerprint density at radius 3 is 2.90 bits per heavy atom. The number of Topliss-reactive ketones (excluding diaryl/α,β-unsaturated/α-hetero) is 1. The summed E-state index contributed by atoms with van der Waals surface area (Å²) < 4.78 is 0. The Morgan fingerprint density at radius 1 is 1.50 bits per heavy atom. The van der Waals surface area contributed by atoms with Crippen LogP contribution in [-0.2, 0) is 16.0 Å². The molecule has 0 bridgehead atoms. The maximum atomic E-state index is 12.3. The molecule has 20 heavy (non-hydrogen) atoms. The van der Waals surface area contributed by atoms with Crippen molar-refractivity contribution in [2.24, 2.45) is 5.92 Å². The zero-order chi connectivity index (χ0) is 14.7. The first-order valence-electron chi connectivity index (χ1n) is 7.30. The van der Waals surface area contributed by atoms with Gasteiger partial charge in [-0.2, -0.15) is 0 Å². The molecule has 0 aliphatic carbocycles. The van der Waals surface area contributed by atoms with Gasteiger partial charge >= 0.3 is 0 Å². The van der Waals surface area contributed by atoms with E-state index in [1.165, 1.54) is 0 Å². The monoisotopic (exact) mass is 277 g/mol. The van der Waals surface area contributed by atoms with E-state index in [2.05, 4.69) is 23.8 Å². The van der Waals surface area contributed by atoms with Crippen LogP contribution in [0.2, 0.25) is 0 Å². The number of hydrogen-bond acceptors (Lipinski definition) is 3. The molecular formula is C15H23N3O2. The van der Waals surface area contributed by atoms with Crippen LogP contribution in [0, 0.1) is 5.92 Å². The third kappa shape index (κ3) is 3.46. The molecule has 0 aromatic carbocycles. The Kier molecular flexibility index (Phi) is 4.57. The predicted octanol–water partition coefficient (Wildman–Crippen LogP) is 2.25. The largest absolute Gasteiger partial charge is 0.344 e. The fourth-order valence-electron chi connectivity index (χ4n) is 2.72. The van der Waals surface area contributed by atoms with E-state index >= 15 is 0 Å². The van der Waals surface area contributed by atoms with Gasteiger partial charge in [0.2, 0.25) is 5.91 Å². The van der Waals surface area contributed by atoms with E-state index < -0.39 is 0 Å². The zero-order valence-electron chi connectivity index (χ0n) is 12.5. The molecule has 2 rings (SSSR count). The maximum Gasteiger partial charge on any atom is 0.223 e. The molecule has 0 radical (unpaired) electrons. The number of ketones is 1. The van der Waals surface area contributed by atoms with Crippen LogP contribution in [0.15, 0.2) is 6.20 Å². The van der Waals surface area contributed by atoms with Gasteiger partial charge in [0.05, 0.1) is 6.04 Å².